The summed E-state index contributed by atoms with van der Waals surface area (Å²) in [6.07, 6.45) is 1.29. The van der Waals surface area contributed by atoms with Gasteiger partial charge in [-0.3, -0.25) is 14.6 Å². The van der Waals surface area contributed by atoms with E-state index in [4.69, 9.17) is 9.47 Å². The first-order valence-electron chi connectivity index (χ1n) is 15.0. The van der Waals surface area contributed by atoms with Crippen LogP contribution in [0.3, 0.4) is 0 Å². The molecule has 46 heavy (non-hydrogen) atoms. The van der Waals surface area contributed by atoms with E-state index in [-0.39, 0.29) is 36.3 Å². The maximum atomic E-state index is 12.8. The molecule has 1 saturated heterocycles. The summed E-state index contributed by atoms with van der Waals surface area (Å²) in [5.74, 6) is 0.321. The molecule has 0 bridgehead atoms. The molecule has 2 heterocycles. The molecule has 0 aliphatic carbocycles. The summed E-state index contributed by atoms with van der Waals surface area (Å²) in [5, 5.41) is 15.2. The number of carbonyl (C=O) groups is 2. The highest BCUT2D eigenvalue weighted by Gasteiger charge is 2.32. The van der Waals surface area contributed by atoms with Gasteiger partial charge in [0, 0.05) is 41.8 Å². The standard InChI is InChI=1S/C36H34N4O5S/c1-23(42)39-28-14-16-30(17-15-28)46-22-29-18-34(26-10-8-25(21-41)9-11-26)45-36(44-29)27-12-6-24(7-13-27)19-38-35(43)33-20-37-31-4-2-3-5-32(31)40-33/h2-17,20,29,34,36,41H,18-19,21-22H2,1H3,(H,38,43)(H,39,42)/t29-,34+,36+/m0/s1. The molecule has 1 fully saturated rings. The van der Waals surface area contributed by atoms with Crippen molar-refractivity contribution < 1.29 is 24.2 Å². The van der Waals surface area contributed by atoms with Crippen LogP contribution < -0.4 is 10.6 Å². The number of nitrogens with one attached hydrogen (secondary N) is 2. The number of thioether (sulfide) groups is 1. The fraction of sp³-hybridized carbons (Fsp3) is 0.222. The summed E-state index contributed by atoms with van der Waals surface area (Å²) in [7, 11) is 0. The third kappa shape index (κ3) is 7.96. The van der Waals surface area contributed by atoms with Crippen LogP contribution in [0.2, 0.25) is 0 Å². The Bertz CT molecular complexity index is 1800. The molecular formula is C36H34N4O5S. The van der Waals surface area contributed by atoms with Crippen LogP contribution in [0.1, 0.15) is 58.5 Å². The van der Waals surface area contributed by atoms with Crippen molar-refractivity contribution in [2.45, 2.75) is 49.9 Å². The van der Waals surface area contributed by atoms with Crippen LogP contribution in [0.15, 0.2) is 108 Å². The predicted octanol–water partition coefficient (Wildman–Crippen LogP) is 6.35. The number of para-hydroxylation sites is 2. The molecular weight excluding hydrogens is 600 g/mol. The highest BCUT2D eigenvalue weighted by atomic mass is 32.2. The van der Waals surface area contributed by atoms with Gasteiger partial charge in [0.05, 0.1) is 36.0 Å². The van der Waals surface area contributed by atoms with Gasteiger partial charge in [-0.2, -0.15) is 0 Å². The minimum absolute atomic E-state index is 0.0139. The van der Waals surface area contributed by atoms with Crippen LogP contribution in [-0.4, -0.2) is 38.7 Å². The average molecular weight is 635 g/mol. The Morgan fingerprint density at radius 3 is 2.28 bits per heavy atom. The number of ether oxygens (including phenoxy) is 2. The van der Waals surface area contributed by atoms with Gasteiger partial charge in [0.25, 0.3) is 5.91 Å². The van der Waals surface area contributed by atoms with Gasteiger partial charge in [-0.1, -0.05) is 60.7 Å². The maximum Gasteiger partial charge on any atom is 0.271 e. The normalized spacial score (nSPS) is 17.8. The van der Waals surface area contributed by atoms with Crippen LogP contribution in [0.25, 0.3) is 11.0 Å². The van der Waals surface area contributed by atoms with E-state index < -0.39 is 6.29 Å². The number of anilines is 1. The topological polar surface area (TPSA) is 123 Å². The third-order valence-electron chi connectivity index (χ3n) is 7.61. The lowest BCUT2D eigenvalue weighted by molar-refractivity contribution is -0.245. The van der Waals surface area contributed by atoms with Gasteiger partial charge in [0.2, 0.25) is 5.91 Å². The summed E-state index contributed by atoms with van der Waals surface area (Å²) in [4.78, 5) is 33.9. The SMILES string of the molecule is CC(=O)Nc1ccc(SC[C@@H]2C[C@H](c3ccc(CO)cc3)O[C@H](c3ccc(CNC(=O)c4cnc5ccccc5n4)cc3)O2)cc1. The number of benzene rings is 4. The molecule has 6 rings (SSSR count). The largest absolute Gasteiger partial charge is 0.392 e. The van der Waals surface area contributed by atoms with E-state index in [0.717, 1.165) is 38.4 Å². The van der Waals surface area contributed by atoms with Crippen molar-refractivity contribution in [3.05, 3.63) is 131 Å². The molecule has 9 nitrogen and oxygen atoms in total. The molecule has 1 aliphatic heterocycles. The Morgan fingerprint density at radius 2 is 1.57 bits per heavy atom. The number of hydrogen-bond acceptors (Lipinski definition) is 8. The molecule has 1 aliphatic rings. The molecule has 3 N–H and O–H groups in total. The Labute approximate surface area is 271 Å². The minimum Gasteiger partial charge on any atom is -0.392 e. The number of amides is 2. The zero-order chi connectivity index (χ0) is 31.9. The fourth-order valence-corrected chi connectivity index (χ4v) is 6.10. The fourth-order valence-electron chi connectivity index (χ4n) is 5.18. The van der Waals surface area contributed by atoms with Crippen molar-refractivity contribution >= 4 is 40.3 Å². The van der Waals surface area contributed by atoms with E-state index in [0.29, 0.717) is 24.2 Å². The number of nitrogens with zero attached hydrogens (tertiary/aromatic N) is 2. The van der Waals surface area contributed by atoms with E-state index in [1.807, 2.05) is 97.1 Å². The van der Waals surface area contributed by atoms with Gasteiger partial charge in [-0.25, -0.2) is 4.98 Å². The third-order valence-corrected chi connectivity index (χ3v) is 8.76. The number of aliphatic hydroxyl groups is 1. The molecule has 1 aromatic heterocycles. The summed E-state index contributed by atoms with van der Waals surface area (Å²) in [5.41, 5.74) is 6.11. The number of aromatic nitrogens is 2. The Hall–Kier alpha value is -4.61. The Kier molecular flexibility index (Phi) is 10.00. The van der Waals surface area contributed by atoms with Gasteiger partial charge in [-0.05, 0) is 53.1 Å². The molecule has 0 unspecified atom stereocenters. The smallest absolute Gasteiger partial charge is 0.271 e. The highest BCUT2D eigenvalue weighted by Crippen LogP contribution is 2.39. The first kappa shape index (κ1) is 31.4. The summed E-state index contributed by atoms with van der Waals surface area (Å²) in [6.45, 7) is 1.81. The molecule has 234 valence electrons. The van der Waals surface area contributed by atoms with Crippen LogP contribution in [0.5, 0.6) is 0 Å². The van der Waals surface area contributed by atoms with E-state index in [9.17, 15) is 14.7 Å². The quantitative estimate of drug-likeness (QED) is 0.152. The van der Waals surface area contributed by atoms with E-state index in [1.54, 1.807) is 11.8 Å². The van der Waals surface area contributed by atoms with E-state index >= 15 is 0 Å². The highest BCUT2D eigenvalue weighted by molar-refractivity contribution is 7.99. The zero-order valence-corrected chi connectivity index (χ0v) is 26.1. The molecule has 2 amide bonds. The van der Waals surface area contributed by atoms with Crippen molar-refractivity contribution in [2.75, 3.05) is 11.1 Å². The molecule has 3 atom stereocenters. The first-order valence-corrected chi connectivity index (χ1v) is 16.0. The molecule has 0 saturated carbocycles. The van der Waals surface area contributed by atoms with Gasteiger partial charge in [0.15, 0.2) is 6.29 Å². The van der Waals surface area contributed by atoms with Gasteiger partial charge >= 0.3 is 0 Å². The second-order valence-electron chi connectivity index (χ2n) is 11.0. The lowest BCUT2D eigenvalue weighted by atomic mass is 10.0. The van der Waals surface area contributed by atoms with Crippen LogP contribution >= 0.6 is 11.8 Å². The number of carbonyl (C=O) groups excluding carboxylic acids is 2. The van der Waals surface area contributed by atoms with Crippen molar-refractivity contribution in [3.8, 4) is 0 Å². The number of fused-ring (bicyclic) bond motifs is 1. The number of rotatable bonds is 10. The lowest BCUT2D eigenvalue weighted by Gasteiger charge is -2.36. The number of aliphatic hydroxyl groups excluding tert-OH is 1. The summed E-state index contributed by atoms with van der Waals surface area (Å²) >= 11 is 1.69. The second kappa shape index (κ2) is 14.7. The van der Waals surface area contributed by atoms with Crippen LogP contribution in [0.4, 0.5) is 5.69 Å². The van der Waals surface area contributed by atoms with Gasteiger partial charge in [0.1, 0.15) is 5.69 Å². The second-order valence-corrected chi connectivity index (χ2v) is 12.1. The van der Waals surface area contributed by atoms with Gasteiger partial charge in [-0.15, -0.1) is 11.8 Å². The van der Waals surface area contributed by atoms with Crippen molar-refractivity contribution in [2.24, 2.45) is 0 Å². The monoisotopic (exact) mass is 634 g/mol. The Morgan fingerprint density at radius 1 is 0.870 bits per heavy atom. The molecule has 0 spiro atoms. The Balaban J connectivity index is 1.12. The molecule has 5 aromatic rings. The first-order chi connectivity index (χ1) is 22.4. The molecule has 10 heteroatoms. The van der Waals surface area contributed by atoms with Crippen LogP contribution in [0, 0.1) is 0 Å². The van der Waals surface area contributed by atoms with E-state index in [1.165, 1.54) is 13.1 Å². The minimum atomic E-state index is -0.583. The summed E-state index contributed by atoms with van der Waals surface area (Å²) < 4.78 is 13.0. The average Bonchev–Trinajstić information content (AvgIpc) is 3.10. The van der Waals surface area contributed by atoms with Gasteiger partial charge < -0.3 is 25.2 Å². The summed E-state index contributed by atoms with van der Waals surface area (Å²) in [6, 6.07) is 30.8. The molecule has 4 aromatic carbocycles. The molecule has 0 radical (unpaired) electrons. The maximum absolute atomic E-state index is 12.8. The van der Waals surface area contributed by atoms with Crippen molar-refractivity contribution in [1.29, 1.82) is 0 Å². The number of hydrogen-bond donors (Lipinski definition) is 3. The zero-order valence-electron chi connectivity index (χ0n) is 25.3. The predicted molar refractivity (Wildman–Crippen MR) is 177 cm³/mol. The van der Waals surface area contributed by atoms with Crippen molar-refractivity contribution in [3.63, 3.8) is 0 Å². The lowest BCUT2D eigenvalue weighted by Crippen LogP contribution is -2.31. The van der Waals surface area contributed by atoms with E-state index in [2.05, 4.69) is 20.6 Å². The van der Waals surface area contributed by atoms with Crippen LogP contribution in [-0.2, 0) is 27.4 Å². The van der Waals surface area contributed by atoms with Crippen molar-refractivity contribution in [1.82, 2.24) is 15.3 Å².